The Morgan fingerprint density at radius 1 is 0.938 bits per heavy atom. The van der Waals surface area contributed by atoms with Crippen LogP contribution >= 0.6 is 0 Å². The van der Waals surface area contributed by atoms with E-state index in [4.69, 9.17) is 4.42 Å². The molecule has 4 rings (SSSR count). The zero-order valence-corrected chi connectivity index (χ0v) is 18.9. The van der Waals surface area contributed by atoms with Crippen molar-refractivity contribution in [1.82, 2.24) is 25.1 Å². The fourth-order valence-electron chi connectivity index (χ4n) is 3.06. The minimum atomic E-state index is -3.35. The van der Waals surface area contributed by atoms with E-state index < -0.39 is 9.84 Å². The number of aromatic nitrogens is 4. The Morgan fingerprint density at radius 3 is 2.31 bits per heavy atom. The molecule has 4 aromatic rings. The number of sulfone groups is 1. The Labute approximate surface area is 188 Å². The Balaban J connectivity index is 0.00000306. The third-order valence-corrected chi connectivity index (χ3v) is 6.63. The number of hydrogen-bond acceptors (Lipinski definition) is 8. The second-order valence-corrected chi connectivity index (χ2v) is 9.72. The van der Waals surface area contributed by atoms with Crippen molar-refractivity contribution < 1.29 is 14.3 Å². The van der Waals surface area contributed by atoms with E-state index in [1.165, 1.54) is 0 Å². The molecule has 2 heterocycles. The molecule has 0 bridgehead atoms. The molecule has 0 unspecified atom stereocenters. The second-order valence-electron chi connectivity index (χ2n) is 7.61. The molecule has 2 aromatic carbocycles. The topological polar surface area (TPSA) is 102 Å². The molecule has 9 heteroatoms. The first-order valence-corrected chi connectivity index (χ1v) is 11.7. The molecule has 0 aliphatic carbocycles. The number of aryl methyl sites for hydroxylation is 1. The molecule has 0 aliphatic heterocycles. The van der Waals surface area contributed by atoms with Gasteiger partial charge < -0.3 is 9.32 Å². The van der Waals surface area contributed by atoms with Crippen molar-refractivity contribution in [2.24, 2.45) is 0 Å². The molecule has 32 heavy (non-hydrogen) atoms. The molecule has 0 aliphatic rings. The zero-order valence-electron chi connectivity index (χ0n) is 18.1. The third-order valence-electron chi connectivity index (χ3n) is 4.92. The van der Waals surface area contributed by atoms with Crippen LogP contribution in [-0.4, -0.2) is 59.9 Å². The molecule has 166 valence electrons. The summed E-state index contributed by atoms with van der Waals surface area (Å²) in [4.78, 5) is 11.2. The number of nitrogens with zero attached hydrogens (tertiary/aromatic N) is 5. The lowest BCUT2D eigenvalue weighted by atomic mass is 10.1. The van der Waals surface area contributed by atoms with Crippen molar-refractivity contribution >= 4 is 9.84 Å². The predicted octanol–water partition coefficient (Wildman–Crippen LogP) is 3.75. The SMILES string of the molecule is Cc1ncc(-c2ccc(S(=O)(=O)CCN(C)C)cc2)nc1-c1nnc(-c2ccccc2)o1.[HH]. The maximum Gasteiger partial charge on any atom is 0.268 e. The summed E-state index contributed by atoms with van der Waals surface area (Å²) in [7, 11) is 0.345. The Morgan fingerprint density at radius 2 is 1.62 bits per heavy atom. The van der Waals surface area contributed by atoms with E-state index in [0.717, 1.165) is 11.1 Å². The quantitative estimate of drug-likeness (QED) is 0.419. The van der Waals surface area contributed by atoms with Gasteiger partial charge in [-0.2, -0.15) is 0 Å². The van der Waals surface area contributed by atoms with Crippen LogP contribution in [0.15, 0.2) is 70.1 Å². The van der Waals surface area contributed by atoms with E-state index in [0.29, 0.717) is 29.5 Å². The summed E-state index contributed by atoms with van der Waals surface area (Å²) in [5.41, 5.74) is 3.29. The van der Waals surface area contributed by atoms with Gasteiger partial charge in [-0.05, 0) is 45.3 Å². The molecule has 0 N–H and O–H groups in total. The summed E-state index contributed by atoms with van der Waals surface area (Å²) in [5, 5.41) is 8.26. The van der Waals surface area contributed by atoms with Gasteiger partial charge in [0, 0.05) is 19.1 Å². The van der Waals surface area contributed by atoms with Crippen molar-refractivity contribution in [1.29, 1.82) is 0 Å². The molecule has 0 fully saturated rings. The summed E-state index contributed by atoms with van der Waals surface area (Å²) in [6.07, 6.45) is 1.64. The minimum absolute atomic E-state index is 0. The highest BCUT2D eigenvalue weighted by Crippen LogP contribution is 2.27. The molecule has 8 nitrogen and oxygen atoms in total. The van der Waals surface area contributed by atoms with Gasteiger partial charge in [-0.25, -0.2) is 13.4 Å². The first-order chi connectivity index (χ1) is 15.3. The van der Waals surface area contributed by atoms with Crippen LogP contribution < -0.4 is 0 Å². The van der Waals surface area contributed by atoms with Crippen LogP contribution in [0.1, 0.15) is 7.12 Å². The highest BCUT2D eigenvalue weighted by atomic mass is 32.2. The van der Waals surface area contributed by atoms with Crippen LogP contribution in [0.3, 0.4) is 0 Å². The van der Waals surface area contributed by atoms with E-state index >= 15 is 0 Å². The van der Waals surface area contributed by atoms with Crippen LogP contribution in [-0.2, 0) is 9.84 Å². The van der Waals surface area contributed by atoms with Crippen molar-refractivity contribution in [3.63, 3.8) is 0 Å². The fourth-order valence-corrected chi connectivity index (χ4v) is 4.45. The number of benzene rings is 2. The second kappa shape index (κ2) is 8.97. The van der Waals surface area contributed by atoms with Gasteiger partial charge in [0.25, 0.3) is 5.89 Å². The molecule has 0 radical (unpaired) electrons. The number of rotatable bonds is 7. The highest BCUT2D eigenvalue weighted by Gasteiger charge is 2.18. The normalized spacial score (nSPS) is 11.8. The van der Waals surface area contributed by atoms with Crippen LogP contribution in [0.5, 0.6) is 0 Å². The molecule has 0 saturated heterocycles. The Kier molecular flexibility index (Phi) is 6.11. The summed E-state index contributed by atoms with van der Waals surface area (Å²) in [6.45, 7) is 2.28. The lowest BCUT2D eigenvalue weighted by Gasteiger charge is -2.10. The fraction of sp³-hybridized carbons (Fsp3) is 0.217. The van der Waals surface area contributed by atoms with Crippen molar-refractivity contribution in [2.45, 2.75) is 11.8 Å². The van der Waals surface area contributed by atoms with Gasteiger partial charge in [0.15, 0.2) is 9.84 Å². The average Bonchev–Trinajstić information content (AvgIpc) is 3.29. The Bertz CT molecular complexity index is 1320. The Hall–Kier alpha value is -3.43. The van der Waals surface area contributed by atoms with E-state index in [9.17, 15) is 8.42 Å². The molecule has 0 atom stereocenters. The summed E-state index contributed by atoms with van der Waals surface area (Å²) in [6, 6.07) is 16.2. The van der Waals surface area contributed by atoms with Gasteiger partial charge in [0.1, 0.15) is 5.69 Å². The first-order valence-electron chi connectivity index (χ1n) is 10.0. The predicted molar refractivity (Wildman–Crippen MR) is 124 cm³/mol. The smallest absolute Gasteiger partial charge is 0.268 e. The largest absolute Gasteiger partial charge is 0.415 e. The average molecular weight is 452 g/mol. The standard InChI is InChI=1S/C23H23N5O3S.H2/c1-16-21(23-27-26-22(31-23)18-7-5-4-6-8-18)25-20(15-24-16)17-9-11-19(12-10-17)32(29,30)14-13-28(2)3;/h4-12,15H,13-14H2,1-3H3;1H. The maximum absolute atomic E-state index is 12.5. The lowest BCUT2D eigenvalue weighted by Crippen LogP contribution is -2.21. The van der Waals surface area contributed by atoms with Crippen LogP contribution in [0, 0.1) is 6.92 Å². The maximum atomic E-state index is 12.5. The molecule has 0 saturated carbocycles. The third kappa shape index (κ3) is 4.74. The first kappa shape index (κ1) is 21.8. The summed E-state index contributed by atoms with van der Waals surface area (Å²) < 4.78 is 30.8. The van der Waals surface area contributed by atoms with E-state index in [1.54, 1.807) is 30.5 Å². The monoisotopic (exact) mass is 451 g/mol. The van der Waals surface area contributed by atoms with Crippen LogP contribution in [0.4, 0.5) is 0 Å². The molecule has 0 amide bonds. The lowest BCUT2D eigenvalue weighted by molar-refractivity contribution is 0.432. The van der Waals surface area contributed by atoms with Gasteiger partial charge in [0.2, 0.25) is 5.89 Å². The van der Waals surface area contributed by atoms with E-state index in [2.05, 4.69) is 20.2 Å². The van der Waals surface area contributed by atoms with Gasteiger partial charge in [-0.15, -0.1) is 10.2 Å². The zero-order chi connectivity index (χ0) is 22.7. The van der Waals surface area contributed by atoms with Crippen molar-refractivity contribution in [2.75, 3.05) is 26.4 Å². The summed E-state index contributed by atoms with van der Waals surface area (Å²) in [5.74, 6) is 0.743. The molecular weight excluding hydrogens is 426 g/mol. The van der Waals surface area contributed by atoms with Gasteiger partial charge in [-0.1, -0.05) is 30.3 Å². The van der Waals surface area contributed by atoms with Crippen molar-refractivity contribution in [3.8, 4) is 34.3 Å². The van der Waals surface area contributed by atoms with Crippen LogP contribution in [0.2, 0.25) is 0 Å². The van der Waals surface area contributed by atoms with Crippen LogP contribution in [0.25, 0.3) is 34.3 Å². The van der Waals surface area contributed by atoms with Gasteiger partial charge >= 0.3 is 0 Å². The number of hydrogen-bond donors (Lipinski definition) is 0. The minimum Gasteiger partial charge on any atom is -0.415 e. The highest BCUT2D eigenvalue weighted by molar-refractivity contribution is 7.91. The molecule has 2 aromatic heterocycles. The van der Waals surface area contributed by atoms with E-state index in [-0.39, 0.29) is 18.0 Å². The molecule has 0 spiro atoms. The molecular formula is C23H25N5O3S. The van der Waals surface area contributed by atoms with Crippen molar-refractivity contribution in [3.05, 3.63) is 66.5 Å². The van der Waals surface area contributed by atoms with Gasteiger partial charge in [0.05, 0.1) is 28.2 Å². The van der Waals surface area contributed by atoms with Gasteiger partial charge in [-0.3, -0.25) is 4.98 Å². The summed E-state index contributed by atoms with van der Waals surface area (Å²) >= 11 is 0. The van der Waals surface area contributed by atoms with E-state index in [1.807, 2.05) is 56.3 Å².